The molecule has 3 aromatic carbocycles. The van der Waals surface area contributed by atoms with Crippen molar-refractivity contribution < 1.29 is 21.5 Å². The average molecular weight is 907 g/mol. The molecule has 0 spiro atoms. The monoisotopic (exact) mass is 908 g/mol. The Bertz CT molecular complexity index is 2100. The molecule has 0 saturated carbocycles. The Morgan fingerprint density at radius 3 is 2.16 bits per heavy atom. The molecule has 0 amide bonds. The Hall–Kier alpha value is -2.63. The average Bonchev–Trinajstić information content (AvgIpc) is 3.40. The summed E-state index contributed by atoms with van der Waals surface area (Å²) in [4.78, 5) is 9.30. The second-order valence-electron chi connectivity index (χ2n) is 16.4. The van der Waals surface area contributed by atoms with Gasteiger partial charge < -0.3 is 4.98 Å². The smallest absolute Gasteiger partial charge is 0.0349 e. The molecule has 49 heavy (non-hydrogen) atoms. The zero-order valence-electron chi connectivity index (χ0n) is 32.3. The van der Waals surface area contributed by atoms with Crippen molar-refractivity contribution in [3.05, 3.63) is 114 Å². The van der Waals surface area contributed by atoms with Crippen LogP contribution in [0.15, 0.2) is 79.1 Å². The first-order chi connectivity index (χ1) is 22.8. The Labute approximate surface area is 317 Å². The van der Waals surface area contributed by atoms with Crippen molar-refractivity contribution in [3.63, 3.8) is 0 Å². The van der Waals surface area contributed by atoms with Gasteiger partial charge in [0.1, 0.15) is 0 Å². The molecule has 0 fully saturated rings. The summed E-state index contributed by atoms with van der Waals surface area (Å²) in [6.45, 7) is 19.9. The van der Waals surface area contributed by atoms with Crippen molar-refractivity contribution in [2.24, 2.45) is 5.41 Å². The van der Waals surface area contributed by atoms with Gasteiger partial charge in [0.05, 0.1) is 0 Å². The van der Waals surface area contributed by atoms with E-state index in [1.165, 1.54) is 41.3 Å². The molecule has 0 bridgehead atoms. The third kappa shape index (κ3) is 9.19. The van der Waals surface area contributed by atoms with Crippen LogP contribution in [0.25, 0.3) is 42.7 Å². The number of fused-ring (bicyclic) bond motifs is 3. The van der Waals surface area contributed by atoms with Crippen LogP contribution >= 0.6 is 11.3 Å². The number of hydrogen-bond donors (Lipinski definition) is 0. The van der Waals surface area contributed by atoms with Crippen LogP contribution in [0.3, 0.4) is 0 Å². The van der Waals surface area contributed by atoms with Crippen LogP contribution in [0.2, 0.25) is 17.3 Å². The second kappa shape index (κ2) is 15.3. The largest absolute Gasteiger partial charge is 0.305 e. The second-order valence-corrected chi connectivity index (χ2v) is 28.0. The zero-order valence-corrected chi connectivity index (χ0v) is 36.7. The Kier molecular flexibility index (Phi) is 11.8. The van der Waals surface area contributed by atoms with Gasteiger partial charge in [0.15, 0.2) is 0 Å². The fourth-order valence-corrected chi connectivity index (χ4v) is 11.6. The number of benzene rings is 3. The molecule has 0 saturated heterocycles. The molecule has 6 rings (SSSR count). The molecule has 0 aliphatic carbocycles. The quantitative estimate of drug-likeness (QED) is 0.127. The van der Waals surface area contributed by atoms with Gasteiger partial charge in [0.25, 0.3) is 0 Å². The number of aryl methyl sites for hydroxylation is 2. The predicted molar refractivity (Wildman–Crippen MR) is 214 cm³/mol. The van der Waals surface area contributed by atoms with Gasteiger partial charge in [-0.2, -0.15) is 11.3 Å². The van der Waals surface area contributed by atoms with Gasteiger partial charge in [0.2, 0.25) is 0 Å². The first-order valence-corrected chi connectivity index (χ1v) is 25.2. The molecule has 6 aromatic rings. The molecule has 259 valence electrons. The molecule has 0 N–H and O–H groups in total. The summed E-state index contributed by atoms with van der Waals surface area (Å²) in [5.41, 5.74) is 9.39. The van der Waals surface area contributed by atoms with Crippen molar-refractivity contribution in [3.8, 4) is 22.5 Å². The number of thiophene rings is 1. The van der Waals surface area contributed by atoms with Crippen LogP contribution in [0.5, 0.6) is 0 Å². The topological polar surface area (TPSA) is 25.8 Å². The van der Waals surface area contributed by atoms with Crippen molar-refractivity contribution in [1.82, 2.24) is 9.97 Å². The molecule has 1 radical (unpaired) electrons. The van der Waals surface area contributed by atoms with E-state index in [9.17, 15) is 0 Å². The van der Waals surface area contributed by atoms with Crippen LogP contribution in [0.4, 0.5) is 0 Å². The molecule has 3 heterocycles. The summed E-state index contributed by atoms with van der Waals surface area (Å²) in [6.07, 6.45) is 4.71. The summed E-state index contributed by atoms with van der Waals surface area (Å²) in [7, 11) is 0. The van der Waals surface area contributed by atoms with E-state index in [1.54, 1.807) is 0 Å². The van der Waals surface area contributed by atoms with Crippen LogP contribution in [0, 0.1) is 31.4 Å². The number of rotatable bonds is 5. The van der Waals surface area contributed by atoms with Gasteiger partial charge in [-0.15, -0.1) is 23.8 Å². The van der Waals surface area contributed by atoms with E-state index in [4.69, 9.17) is 6.35 Å². The van der Waals surface area contributed by atoms with Crippen LogP contribution in [-0.2, 0) is 25.5 Å². The fourth-order valence-electron chi connectivity index (χ4n) is 6.71. The normalized spacial score (nSPS) is 13.7. The Morgan fingerprint density at radius 2 is 1.55 bits per heavy atom. The standard InChI is InChI=1S/C29H34NS.C15H18GeN.Ir/c1-18(17-28(3,4)5)20-14-15-30-25(16-20)23-11-9-10-21-22-12-13-24(29(6,7)8)19(2)26(22)31-27(21)23;1-12-10-15(13-8-6-5-7-9-13)17-11-14(12)16(2,3)4;/h9-10,12-16,18H,17H2,1-8H3;5-8,10-11H,1-4H3;/q2*-1;/i18D;;. The van der Waals surface area contributed by atoms with E-state index in [1.807, 2.05) is 54.8 Å². The molecule has 0 aliphatic heterocycles. The van der Waals surface area contributed by atoms with Gasteiger partial charge in [0, 0.05) is 32.4 Å². The van der Waals surface area contributed by atoms with E-state index in [0.29, 0.717) is 0 Å². The van der Waals surface area contributed by atoms with E-state index in [2.05, 4.69) is 132 Å². The summed E-state index contributed by atoms with van der Waals surface area (Å²) in [5.74, 6) is 6.54. The molecular formula is C44H52GeIrN2S-2. The number of pyridine rings is 2. The van der Waals surface area contributed by atoms with Gasteiger partial charge in [-0.1, -0.05) is 77.6 Å². The zero-order chi connectivity index (χ0) is 35.9. The maximum atomic E-state index is 9.01. The summed E-state index contributed by atoms with van der Waals surface area (Å²) in [5, 5.41) is 2.57. The fraction of sp³-hybridized carbons (Fsp3) is 0.364. The van der Waals surface area contributed by atoms with Crippen LogP contribution in [-0.4, -0.2) is 23.2 Å². The number of hydrogen-bond acceptors (Lipinski definition) is 3. The van der Waals surface area contributed by atoms with Gasteiger partial charge in [-0.3, -0.25) is 0 Å². The SMILES string of the molecule is Cc1cc(-c2[c-]cccc2)nc[c]1[Ge]([CH3])([CH3])[CH3].[2H]C(C)(CC(C)(C)C)c1ccnc(-c2[c-]ccc3c2sc2c(C)c(C(C)(C)C)ccc23)c1.[Ir]. The van der Waals surface area contributed by atoms with Crippen molar-refractivity contribution in [2.75, 3.05) is 0 Å². The molecule has 3 aromatic heterocycles. The summed E-state index contributed by atoms with van der Waals surface area (Å²) < 4.78 is 13.1. The minimum absolute atomic E-state index is 0. The van der Waals surface area contributed by atoms with E-state index in [-0.39, 0.29) is 30.9 Å². The number of nitrogens with zero attached hydrogens (tertiary/aromatic N) is 2. The third-order valence-corrected chi connectivity index (χ3v) is 14.7. The number of aromatic nitrogens is 2. The molecule has 1 unspecified atom stereocenters. The first-order valence-electron chi connectivity index (χ1n) is 17.5. The van der Waals surface area contributed by atoms with Gasteiger partial charge in [-0.25, -0.2) is 0 Å². The maximum Gasteiger partial charge on any atom is 0.0349 e. The van der Waals surface area contributed by atoms with Crippen molar-refractivity contribution >= 4 is 49.2 Å². The van der Waals surface area contributed by atoms with Crippen LogP contribution in [0.1, 0.15) is 84.4 Å². The molecule has 5 heteroatoms. The van der Waals surface area contributed by atoms with Crippen LogP contribution < -0.4 is 4.40 Å². The van der Waals surface area contributed by atoms with Crippen molar-refractivity contribution in [2.45, 2.75) is 97.3 Å². The maximum absolute atomic E-state index is 9.01. The third-order valence-electron chi connectivity index (χ3n) is 8.87. The van der Waals surface area contributed by atoms with E-state index < -0.39 is 19.2 Å². The Balaban J connectivity index is 0.000000264. The van der Waals surface area contributed by atoms with E-state index in [0.717, 1.165) is 34.5 Å². The van der Waals surface area contributed by atoms with Gasteiger partial charge >= 0.3 is 106 Å². The summed E-state index contributed by atoms with van der Waals surface area (Å²) >= 11 is 0.0727. The summed E-state index contributed by atoms with van der Waals surface area (Å²) in [6, 6.07) is 29.7. The first kappa shape index (κ1) is 37.6. The predicted octanol–water partition coefficient (Wildman–Crippen LogP) is 12.5. The Morgan fingerprint density at radius 1 is 0.837 bits per heavy atom. The molecular weight excluding hydrogens is 853 g/mol. The van der Waals surface area contributed by atoms with Gasteiger partial charge in [-0.05, 0) is 63.0 Å². The minimum Gasteiger partial charge on any atom is -0.305 e. The molecule has 2 nitrogen and oxygen atoms in total. The molecule has 0 aliphatic rings. The van der Waals surface area contributed by atoms with Crippen molar-refractivity contribution in [1.29, 1.82) is 0 Å². The van der Waals surface area contributed by atoms with E-state index >= 15 is 0 Å². The minimum atomic E-state index is -1.77. The molecule has 1 atom stereocenters.